The van der Waals surface area contributed by atoms with Crippen molar-refractivity contribution in [3.05, 3.63) is 64.1 Å². The minimum Gasteiger partial charge on any atom is -0.346 e. The standard InChI is InChI=1S/C16H12BrNS/c1-10(11-6-8-12(17)9-7-11)15-13-4-2-3-5-14(13)18-16(15)19/h2-9H,1H3,(H,18,19)/b15-10-. The Morgan fingerprint density at radius 1 is 1.05 bits per heavy atom. The number of nitrogens with one attached hydrogen (secondary N) is 1. The van der Waals surface area contributed by atoms with E-state index in [1.165, 1.54) is 16.7 Å². The molecular weight excluding hydrogens is 318 g/mol. The summed E-state index contributed by atoms with van der Waals surface area (Å²) < 4.78 is 1.08. The van der Waals surface area contributed by atoms with Crippen LogP contribution < -0.4 is 5.32 Å². The highest BCUT2D eigenvalue weighted by Crippen LogP contribution is 2.37. The Kier molecular flexibility index (Phi) is 3.25. The van der Waals surface area contributed by atoms with Crippen LogP contribution in [0.5, 0.6) is 0 Å². The van der Waals surface area contributed by atoms with Crippen molar-refractivity contribution in [1.29, 1.82) is 0 Å². The van der Waals surface area contributed by atoms with Crippen LogP contribution in [-0.4, -0.2) is 4.99 Å². The molecule has 0 atom stereocenters. The summed E-state index contributed by atoms with van der Waals surface area (Å²) in [4.78, 5) is 0.807. The molecule has 2 aromatic rings. The molecule has 0 aliphatic carbocycles. The van der Waals surface area contributed by atoms with Gasteiger partial charge in [-0.2, -0.15) is 0 Å². The van der Waals surface area contributed by atoms with Crippen LogP contribution in [0.2, 0.25) is 0 Å². The number of thiocarbonyl (C=S) groups is 1. The molecule has 0 aromatic heterocycles. The second-order valence-corrected chi connectivity index (χ2v) is 5.83. The number of rotatable bonds is 1. The first-order chi connectivity index (χ1) is 9.16. The van der Waals surface area contributed by atoms with Gasteiger partial charge in [-0.25, -0.2) is 0 Å². The third-order valence-corrected chi connectivity index (χ3v) is 4.16. The molecule has 3 heteroatoms. The van der Waals surface area contributed by atoms with Gasteiger partial charge in [0, 0.05) is 21.3 Å². The van der Waals surface area contributed by atoms with Gasteiger partial charge in [0.05, 0.1) is 0 Å². The van der Waals surface area contributed by atoms with Gasteiger partial charge < -0.3 is 5.32 Å². The summed E-state index contributed by atoms with van der Waals surface area (Å²) in [5, 5.41) is 3.27. The molecule has 19 heavy (non-hydrogen) atoms. The van der Waals surface area contributed by atoms with Crippen LogP contribution in [0.3, 0.4) is 0 Å². The minimum absolute atomic E-state index is 0.807. The van der Waals surface area contributed by atoms with E-state index in [9.17, 15) is 0 Å². The Morgan fingerprint density at radius 3 is 2.47 bits per heavy atom. The molecule has 0 saturated heterocycles. The van der Waals surface area contributed by atoms with E-state index in [1.54, 1.807) is 0 Å². The van der Waals surface area contributed by atoms with Crippen molar-refractivity contribution < 1.29 is 0 Å². The molecule has 1 aliphatic heterocycles. The smallest absolute Gasteiger partial charge is 0.111 e. The summed E-state index contributed by atoms with van der Waals surface area (Å²) in [5.74, 6) is 0. The van der Waals surface area contributed by atoms with Gasteiger partial charge in [0.25, 0.3) is 0 Å². The minimum atomic E-state index is 0.807. The second-order valence-electron chi connectivity index (χ2n) is 4.51. The lowest BCUT2D eigenvalue weighted by atomic mass is 9.97. The number of para-hydroxylation sites is 1. The average molecular weight is 330 g/mol. The zero-order valence-corrected chi connectivity index (χ0v) is 12.8. The number of fused-ring (bicyclic) bond motifs is 1. The van der Waals surface area contributed by atoms with E-state index in [2.05, 4.69) is 64.6 Å². The maximum Gasteiger partial charge on any atom is 0.111 e. The van der Waals surface area contributed by atoms with Crippen LogP contribution in [0, 0.1) is 0 Å². The first kappa shape index (κ1) is 12.6. The Hall–Kier alpha value is -1.45. The molecule has 0 unspecified atom stereocenters. The quantitative estimate of drug-likeness (QED) is 0.574. The fraction of sp³-hybridized carbons (Fsp3) is 0.0625. The monoisotopic (exact) mass is 329 g/mol. The Labute approximate surface area is 126 Å². The Bertz CT molecular complexity index is 686. The van der Waals surface area contributed by atoms with E-state index in [0.29, 0.717) is 0 Å². The average Bonchev–Trinajstić information content (AvgIpc) is 2.74. The summed E-state index contributed by atoms with van der Waals surface area (Å²) in [7, 11) is 0. The Morgan fingerprint density at radius 2 is 1.74 bits per heavy atom. The zero-order chi connectivity index (χ0) is 13.4. The lowest BCUT2D eigenvalue weighted by Gasteiger charge is -2.07. The topological polar surface area (TPSA) is 12.0 Å². The summed E-state index contributed by atoms with van der Waals surface area (Å²) in [5.41, 5.74) is 5.81. The molecule has 1 nitrogen and oxygen atoms in total. The van der Waals surface area contributed by atoms with E-state index in [4.69, 9.17) is 12.2 Å². The normalized spacial score (nSPS) is 16.0. The zero-order valence-electron chi connectivity index (χ0n) is 10.4. The third kappa shape index (κ3) is 2.24. The van der Waals surface area contributed by atoms with Crippen LogP contribution in [0.15, 0.2) is 53.0 Å². The first-order valence-electron chi connectivity index (χ1n) is 6.04. The van der Waals surface area contributed by atoms with Crippen molar-refractivity contribution in [2.24, 2.45) is 0 Å². The van der Waals surface area contributed by atoms with E-state index >= 15 is 0 Å². The number of hydrogen-bond acceptors (Lipinski definition) is 1. The van der Waals surface area contributed by atoms with Gasteiger partial charge in [0.2, 0.25) is 0 Å². The van der Waals surface area contributed by atoms with Crippen molar-refractivity contribution in [2.45, 2.75) is 6.92 Å². The van der Waals surface area contributed by atoms with Gasteiger partial charge >= 0.3 is 0 Å². The van der Waals surface area contributed by atoms with Gasteiger partial charge in [-0.15, -0.1) is 0 Å². The summed E-state index contributed by atoms with van der Waals surface area (Å²) in [6.45, 7) is 2.12. The predicted molar refractivity (Wildman–Crippen MR) is 89.3 cm³/mol. The van der Waals surface area contributed by atoms with Gasteiger partial charge in [0.1, 0.15) is 4.99 Å². The number of allylic oxidation sites excluding steroid dienone is 1. The molecule has 0 radical (unpaired) electrons. The molecule has 0 saturated carbocycles. The molecule has 0 amide bonds. The maximum atomic E-state index is 5.47. The van der Waals surface area contributed by atoms with Crippen molar-refractivity contribution in [3.8, 4) is 0 Å². The number of halogens is 1. The second kappa shape index (κ2) is 4.91. The van der Waals surface area contributed by atoms with Crippen LogP contribution in [0.25, 0.3) is 11.1 Å². The Balaban J connectivity index is 2.17. The molecule has 94 valence electrons. The molecule has 0 bridgehead atoms. The van der Waals surface area contributed by atoms with Crippen molar-refractivity contribution >= 4 is 50.0 Å². The fourth-order valence-corrected chi connectivity index (χ4v) is 2.97. The molecular formula is C16H12BrNS. The van der Waals surface area contributed by atoms with E-state index in [0.717, 1.165) is 20.7 Å². The highest BCUT2D eigenvalue weighted by molar-refractivity contribution is 9.10. The van der Waals surface area contributed by atoms with Crippen molar-refractivity contribution in [1.82, 2.24) is 0 Å². The molecule has 1 heterocycles. The molecule has 2 aromatic carbocycles. The van der Waals surface area contributed by atoms with Crippen LogP contribution in [-0.2, 0) is 0 Å². The molecule has 0 fully saturated rings. The van der Waals surface area contributed by atoms with E-state index in [1.807, 2.05) is 12.1 Å². The van der Waals surface area contributed by atoms with Crippen LogP contribution in [0.1, 0.15) is 18.1 Å². The molecule has 1 aliphatic rings. The summed E-state index contributed by atoms with van der Waals surface area (Å²) in [6.07, 6.45) is 0. The molecule has 3 rings (SSSR count). The van der Waals surface area contributed by atoms with Gasteiger partial charge in [-0.3, -0.25) is 0 Å². The predicted octanol–water partition coefficient (Wildman–Crippen LogP) is 5.13. The lowest BCUT2D eigenvalue weighted by molar-refractivity contribution is 1.55. The fourth-order valence-electron chi connectivity index (χ4n) is 2.33. The number of hydrogen-bond donors (Lipinski definition) is 1. The van der Waals surface area contributed by atoms with Crippen molar-refractivity contribution in [2.75, 3.05) is 5.32 Å². The van der Waals surface area contributed by atoms with Crippen molar-refractivity contribution in [3.63, 3.8) is 0 Å². The van der Waals surface area contributed by atoms with E-state index in [-0.39, 0.29) is 0 Å². The highest BCUT2D eigenvalue weighted by atomic mass is 79.9. The SMILES string of the molecule is C/C(=C1/C(=S)Nc2ccccc21)c1ccc(Br)cc1. The summed E-state index contributed by atoms with van der Waals surface area (Å²) >= 11 is 8.93. The van der Waals surface area contributed by atoms with Crippen LogP contribution in [0.4, 0.5) is 5.69 Å². The third-order valence-electron chi connectivity index (χ3n) is 3.32. The molecule has 1 N–H and O–H groups in total. The molecule has 0 spiro atoms. The number of anilines is 1. The highest BCUT2D eigenvalue weighted by Gasteiger charge is 2.22. The summed E-state index contributed by atoms with van der Waals surface area (Å²) in [6, 6.07) is 16.6. The van der Waals surface area contributed by atoms with Crippen LogP contribution >= 0.6 is 28.1 Å². The van der Waals surface area contributed by atoms with Gasteiger partial charge in [-0.1, -0.05) is 58.5 Å². The number of benzene rings is 2. The van der Waals surface area contributed by atoms with Gasteiger partial charge in [-0.05, 0) is 36.3 Å². The maximum absolute atomic E-state index is 5.47. The van der Waals surface area contributed by atoms with E-state index < -0.39 is 0 Å². The largest absolute Gasteiger partial charge is 0.346 e. The van der Waals surface area contributed by atoms with Gasteiger partial charge in [0.15, 0.2) is 0 Å². The lowest BCUT2D eigenvalue weighted by Crippen LogP contribution is -2.02. The first-order valence-corrected chi connectivity index (χ1v) is 7.24.